The Hall–Kier alpha value is -0.930. The Morgan fingerprint density at radius 2 is 2.21 bits per heavy atom. The molecule has 1 aromatic rings. The monoisotopic (exact) mass is 264 g/mol. The zero-order chi connectivity index (χ0) is 13.7. The number of hydrogen-bond acceptors (Lipinski definition) is 2. The van der Waals surface area contributed by atoms with E-state index >= 15 is 0 Å². The number of nitrogens with one attached hydrogen (secondary N) is 1. The molecule has 1 saturated heterocycles. The molecule has 1 aliphatic heterocycles. The van der Waals surface area contributed by atoms with E-state index in [1.165, 1.54) is 24.8 Å². The average Bonchev–Trinajstić information content (AvgIpc) is 2.41. The highest BCUT2D eigenvalue weighted by Gasteiger charge is 2.22. The van der Waals surface area contributed by atoms with E-state index in [9.17, 15) is 4.39 Å². The van der Waals surface area contributed by atoms with Gasteiger partial charge in [-0.25, -0.2) is 4.39 Å². The molecule has 106 valence electrons. The van der Waals surface area contributed by atoms with Crippen LogP contribution in [-0.2, 0) is 6.54 Å². The molecule has 3 heteroatoms. The number of hydrogen-bond donors (Lipinski definition) is 1. The van der Waals surface area contributed by atoms with Gasteiger partial charge in [0.1, 0.15) is 5.82 Å². The van der Waals surface area contributed by atoms with Crippen LogP contribution in [0.15, 0.2) is 18.2 Å². The van der Waals surface area contributed by atoms with Crippen LogP contribution in [0.3, 0.4) is 0 Å². The largest absolute Gasteiger partial charge is 0.315 e. The Balaban J connectivity index is 2.02. The molecule has 0 saturated carbocycles. The van der Waals surface area contributed by atoms with Crippen molar-refractivity contribution in [1.82, 2.24) is 10.2 Å². The molecule has 1 unspecified atom stereocenters. The first kappa shape index (κ1) is 14.5. The highest BCUT2D eigenvalue weighted by molar-refractivity contribution is 5.26. The second-order valence-electron chi connectivity index (χ2n) is 5.50. The average molecular weight is 264 g/mol. The topological polar surface area (TPSA) is 15.3 Å². The first-order valence-electron chi connectivity index (χ1n) is 7.40. The van der Waals surface area contributed by atoms with Crippen LogP contribution in [0.4, 0.5) is 4.39 Å². The van der Waals surface area contributed by atoms with Gasteiger partial charge in [-0.3, -0.25) is 4.90 Å². The lowest BCUT2D eigenvalue weighted by atomic mass is 10.00. The number of likely N-dealkylation sites (N-methyl/N-ethyl adjacent to an activating group) is 1. The van der Waals surface area contributed by atoms with Crippen LogP contribution in [0.25, 0.3) is 0 Å². The van der Waals surface area contributed by atoms with Crippen molar-refractivity contribution in [2.24, 2.45) is 0 Å². The van der Waals surface area contributed by atoms with E-state index in [4.69, 9.17) is 0 Å². The fraction of sp³-hybridized carbons (Fsp3) is 0.625. The van der Waals surface area contributed by atoms with Gasteiger partial charge in [-0.05, 0) is 56.1 Å². The summed E-state index contributed by atoms with van der Waals surface area (Å²) >= 11 is 0. The first-order chi connectivity index (χ1) is 9.20. The van der Waals surface area contributed by atoms with Crippen LogP contribution >= 0.6 is 0 Å². The van der Waals surface area contributed by atoms with Crippen LogP contribution < -0.4 is 5.32 Å². The molecule has 0 spiro atoms. The predicted octanol–water partition coefficient (Wildman–Crippen LogP) is 3.10. The van der Waals surface area contributed by atoms with Crippen LogP contribution in [0.2, 0.25) is 0 Å². The Morgan fingerprint density at radius 1 is 1.37 bits per heavy atom. The molecular weight excluding hydrogens is 239 g/mol. The van der Waals surface area contributed by atoms with Gasteiger partial charge < -0.3 is 5.32 Å². The third-order valence-electron chi connectivity index (χ3n) is 4.06. The highest BCUT2D eigenvalue weighted by atomic mass is 19.1. The van der Waals surface area contributed by atoms with Crippen LogP contribution in [-0.4, -0.2) is 30.6 Å². The van der Waals surface area contributed by atoms with Crippen LogP contribution in [0.5, 0.6) is 0 Å². The maximum absolute atomic E-state index is 13.1. The number of nitrogens with zero attached hydrogens (tertiary/aromatic N) is 1. The predicted molar refractivity (Wildman–Crippen MR) is 77.7 cm³/mol. The molecule has 0 radical (unpaired) electrons. The molecule has 0 bridgehead atoms. The number of halogens is 1. The summed E-state index contributed by atoms with van der Waals surface area (Å²) in [5, 5.41) is 3.46. The van der Waals surface area contributed by atoms with Crippen molar-refractivity contribution < 1.29 is 4.39 Å². The van der Waals surface area contributed by atoms with Gasteiger partial charge in [-0.15, -0.1) is 0 Å². The molecule has 1 atom stereocenters. The molecule has 1 N–H and O–H groups in total. The molecular formula is C16H25FN2. The van der Waals surface area contributed by atoms with Gasteiger partial charge in [0.05, 0.1) is 0 Å². The summed E-state index contributed by atoms with van der Waals surface area (Å²) in [6.45, 7) is 8.35. The van der Waals surface area contributed by atoms with Gasteiger partial charge in [0.2, 0.25) is 0 Å². The SMILES string of the molecule is CCNCC1CCCCN1Cc1ccc(F)cc1C. The maximum Gasteiger partial charge on any atom is 0.123 e. The molecule has 0 amide bonds. The second-order valence-corrected chi connectivity index (χ2v) is 5.50. The summed E-state index contributed by atoms with van der Waals surface area (Å²) in [5.74, 6) is -0.135. The van der Waals surface area contributed by atoms with E-state index in [0.717, 1.165) is 31.7 Å². The zero-order valence-corrected chi connectivity index (χ0v) is 12.1. The van der Waals surface area contributed by atoms with E-state index < -0.39 is 0 Å². The standard InChI is InChI=1S/C16H25FN2/c1-3-18-11-16-6-4-5-9-19(16)12-14-7-8-15(17)10-13(14)2/h7-8,10,16,18H,3-6,9,11-12H2,1-2H3. The molecule has 1 fully saturated rings. The summed E-state index contributed by atoms with van der Waals surface area (Å²) in [4.78, 5) is 2.55. The van der Waals surface area contributed by atoms with Gasteiger partial charge in [-0.2, -0.15) is 0 Å². The van der Waals surface area contributed by atoms with Crippen molar-refractivity contribution in [3.8, 4) is 0 Å². The third kappa shape index (κ3) is 4.02. The van der Waals surface area contributed by atoms with Crippen molar-refractivity contribution in [3.63, 3.8) is 0 Å². The lowest BCUT2D eigenvalue weighted by Crippen LogP contribution is -2.45. The normalized spacial score (nSPS) is 20.7. The highest BCUT2D eigenvalue weighted by Crippen LogP contribution is 2.21. The number of likely N-dealkylation sites (tertiary alicyclic amines) is 1. The van der Waals surface area contributed by atoms with Gasteiger partial charge in [0, 0.05) is 19.1 Å². The molecule has 0 aromatic heterocycles. The van der Waals surface area contributed by atoms with Crippen molar-refractivity contribution in [1.29, 1.82) is 0 Å². The fourth-order valence-electron chi connectivity index (χ4n) is 2.87. The summed E-state index contributed by atoms with van der Waals surface area (Å²) in [6, 6.07) is 5.77. The Bertz CT molecular complexity index is 406. The first-order valence-corrected chi connectivity index (χ1v) is 7.40. The van der Waals surface area contributed by atoms with Crippen LogP contribution in [0.1, 0.15) is 37.3 Å². The van der Waals surface area contributed by atoms with E-state index in [1.807, 2.05) is 13.0 Å². The number of rotatable bonds is 5. The van der Waals surface area contributed by atoms with Crippen molar-refractivity contribution in [2.75, 3.05) is 19.6 Å². The minimum atomic E-state index is -0.135. The van der Waals surface area contributed by atoms with Crippen LogP contribution in [0, 0.1) is 12.7 Å². The molecule has 1 heterocycles. The van der Waals surface area contributed by atoms with Gasteiger partial charge in [0.15, 0.2) is 0 Å². The Labute approximate surface area is 116 Å². The van der Waals surface area contributed by atoms with Gasteiger partial charge >= 0.3 is 0 Å². The Morgan fingerprint density at radius 3 is 2.95 bits per heavy atom. The summed E-state index contributed by atoms with van der Waals surface area (Å²) in [5.41, 5.74) is 2.32. The lowest BCUT2D eigenvalue weighted by Gasteiger charge is -2.36. The summed E-state index contributed by atoms with van der Waals surface area (Å²) in [7, 11) is 0. The van der Waals surface area contributed by atoms with Crippen molar-refractivity contribution >= 4 is 0 Å². The van der Waals surface area contributed by atoms with Gasteiger partial charge in [0.25, 0.3) is 0 Å². The van der Waals surface area contributed by atoms with E-state index in [1.54, 1.807) is 12.1 Å². The molecule has 0 aliphatic carbocycles. The summed E-state index contributed by atoms with van der Waals surface area (Å²) in [6.07, 6.45) is 3.88. The maximum atomic E-state index is 13.1. The molecule has 1 aromatic carbocycles. The number of benzene rings is 1. The zero-order valence-electron chi connectivity index (χ0n) is 12.1. The Kier molecular flexibility index (Phi) is 5.34. The number of aryl methyl sites for hydroxylation is 1. The fourth-order valence-corrected chi connectivity index (χ4v) is 2.87. The van der Waals surface area contributed by atoms with Crippen molar-refractivity contribution in [2.45, 2.75) is 45.7 Å². The van der Waals surface area contributed by atoms with E-state index in [2.05, 4.69) is 17.1 Å². The van der Waals surface area contributed by atoms with E-state index in [0.29, 0.717) is 6.04 Å². The van der Waals surface area contributed by atoms with Crippen molar-refractivity contribution in [3.05, 3.63) is 35.1 Å². The lowest BCUT2D eigenvalue weighted by molar-refractivity contribution is 0.138. The summed E-state index contributed by atoms with van der Waals surface area (Å²) < 4.78 is 13.1. The third-order valence-corrected chi connectivity index (χ3v) is 4.06. The smallest absolute Gasteiger partial charge is 0.123 e. The minimum Gasteiger partial charge on any atom is -0.315 e. The van der Waals surface area contributed by atoms with Gasteiger partial charge in [-0.1, -0.05) is 19.4 Å². The second kappa shape index (κ2) is 7.01. The molecule has 2 rings (SSSR count). The molecule has 2 nitrogen and oxygen atoms in total. The number of piperidine rings is 1. The van der Waals surface area contributed by atoms with E-state index in [-0.39, 0.29) is 5.82 Å². The molecule has 19 heavy (non-hydrogen) atoms. The quantitative estimate of drug-likeness (QED) is 0.879. The molecule has 1 aliphatic rings. The minimum absolute atomic E-state index is 0.135.